The highest BCUT2D eigenvalue weighted by atomic mass is 19.4. The minimum absolute atomic E-state index is 0.0182. The molecule has 0 radical (unpaired) electrons. The molecule has 0 bridgehead atoms. The van der Waals surface area contributed by atoms with Gasteiger partial charge in [-0.05, 0) is 56.0 Å². The third-order valence-corrected chi connectivity index (χ3v) is 9.26. The van der Waals surface area contributed by atoms with E-state index in [0.29, 0.717) is 31.1 Å². The van der Waals surface area contributed by atoms with E-state index in [2.05, 4.69) is 31.2 Å². The standard InChI is InChI=1S/C36H37F5N8O5/c1-19-25-14-21(37)15-26(38)30(25)54-29(19)31(36(39,40)41)48-35(53)46-23-16-44-34(45-17-23)43-12-6-4-2-3-5-11-42-22-7-8-24-20(13-22)18-49(33(24)52)27-9-10-28(50)47-32(27)51/h7-8,13-17,27,31,42H,2-6,9-12,18H2,1H3,(H,43,44,45)(H2,46,48,53)(H,47,50,51)/t27?,31-/m1/s1. The lowest BCUT2D eigenvalue weighted by Crippen LogP contribution is -2.52. The fourth-order valence-corrected chi connectivity index (χ4v) is 6.51. The van der Waals surface area contributed by atoms with Crippen LogP contribution in [-0.2, 0) is 16.1 Å². The molecule has 1 unspecified atom stereocenters. The highest BCUT2D eigenvalue weighted by Crippen LogP contribution is 2.39. The number of piperidine rings is 1. The van der Waals surface area contributed by atoms with E-state index in [1.807, 2.05) is 12.1 Å². The smallest absolute Gasteiger partial charge is 0.416 e. The Labute approximate surface area is 305 Å². The number of amides is 5. The third kappa shape index (κ3) is 8.69. The molecule has 54 heavy (non-hydrogen) atoms. The average Bonchev–Trinajstić information content (AvgIpc) is 3.62. The molecule has 13 nitrogen and oxygen atoms in total. The SMILES string of the molecule is Cc1c([C@@H](NC(=O)Nc2cnc(NCCCCCCCNc3ccc4c(c3)CN(C3CCC(=O)NC3=O)C4=O)nc2)C(F)(F)F)oc2c(F)cc(F)cc12. The van der Waals surface area contributed by atoms with Crippen molar-refractivity contribution >= 4 is 52.0 Å². The molecule has 2 aromatic carbocycles. The first kappa shape index (κ1) is 37.9. The lowest BCUT2D eigenvalue weighted by molar-refractivity contribution is -0.158. The molecule has 2 aliphatic rings. The number of unbranched alkanes of at least 4 members (excludes halogenated alkanes) is 4. The number of rotatable bonds is 14. The van der Waals surface area contributed by atoms with Gasteiger partial charge in [-0.2, -0.15) is 13.2 Å². The van der Waals surface area contributed by atoms with Gasteiger partial charge in [0, 0.05) is 54.3 Å². The molecule has 2 aromatic heterocycles. The van der Waals surface area contributed by atoms with Crippen LogP contribution in [0.1, 0.15) is 78.2 Å². The van der Waals surface area contributed by atoms with Gasteiger partial charge in [-0.3, -0.25) is 19.7 Å². The van der Waals surface area contributed by atoms with E-state index in [9.17, 15) is 41.1 Å². The highest BCUT2D eigenvalue weighted by Gasteiger charge is 2.45. The van der Waals surface area contributed by atoms with Crippen LogP contribution in [0.3, 0.4) is 0 Å². The van der Waals surface area contributed by atoms with Crippen LogP contribution in [0.5, 0.6) is 0 Å². The zero-order valence-corrected chi connectivity index (χ0v) is 29.0. The Balaban J connectivity index is 0.872. The maximum Gasteiger partial charge on any atom is 0.416 e. The van der Waals surface area contributed by atoms with E-state index in [-0.39, 0.29) is 40.8 Å². The quantitative estimate of drug-likeness (QED) is 0.0550. The molecular weight excluding hydrogens is 719 g/mol. The molecule has 5 N–H and O–H groups in total. The summed E-state index contributed by atoms with van der Waals surface area (Å²) in [5.74, 6) is -3.63. The minimum atomic E-state index is -5.02. The predicted octanol–water partition coefficient (Wildman–Crippen LogP) is 6.47. The summed E-state index contributed by atoms with van der Waals surface area (Å²) in [5.41, 5.74) is 1.59. The predicted molar refractivity (Wildman–Crippen MR) is 186 cm³/mol. The number of carbonyl (C=O) groups excluding carboxylic acids is 4. The van der Waals surface area contributed by atoms with E-state index < -0.39 is 53.2 Å². The van der Waals surface area contributed by atoms with Crippen LogP contribution in [0.25, 0.3) is 11.0 Å². The van der Waals surface area contributed by atoms with Crippen molar-refractivity contribution < 1.29 is 45.5 Å². The van der Waals surface area contributed by atoms with Crippen molar-refractivity contribution in [1.82, 2.24) is 25.5 Å². The normalized spacial score (nSPS) is 16.3. The summed E-state index contributed by atoms with van der Waals surface area (Å²) < 4.78 is 74.8. The maximum atomic E-state index is 14.1. The summed E-state index contributed by atoms with van der Waals surface area (Å²) >= 11 is 0. The van der Waals surface area contributed by atoms with Gasteiger partial charge >= 0.3 is 12.2 Å². The molecule has 0 aliphatic carbocycles. The molecule has 2 aliphatic heterocycles. The number of alkyl halides is 3. The number of fused-ring (bicyclic) bond motifs is 2. The van der Waals surface area contributed by atoms with Gasteiger partial charge in [0.15, 0.2) is 17.4 Å². The number of carbonyl (C=O) groups is 4. The van der Waals surface area contributed by atoms with Crippen molar-refractivity contribution in [1.29, 1.82) is 0 Å². The molecule has 18 heteroatoms. The van der Waals surface area contributed by atoms with Crippen LogP contribution < -0.4 is 26.6 Å². The molecule has 0 spiro atoms. The fraction of sp³-hybridized carbons (Fsp3) is 0.389. The number of halogens is 5. The number of aryl methyl sites for hydroxylation is 1. The summed E-state index contributed by atoms with van der Waals surface area (Å²) in [6, 6.07) is 2.34. The van der Waals surface area contributed by atoms with Gasteiger partial charge in [0.25, 0.3) is 5.91 Å². The first-order chi connectivity index (χ1) is 25.8. The number of nitrogens with one attached hydrogen (secondary N) is 5. The second kappa shape index (κ2) is 16.1. The van der Waals surface area contributed by atoms with E-state index in [0.717, 1.165) is 56.0 Å². The second-order valence-electron chi connectivity index (χ2n) is 13.1. The number of hydrogen-bond donors (Lipinski definition) is 5. The van der Waals surface area contributed by atoms with E-state index in [4.69, 9.17) is 4.42 Å². The van der Waals surface area contributed by atoms with Crippen molar-refractivity contribution in [2.45, 2.75) is 76.7 Å². The second-order valence-corrected chi connectivity index (χ2v) is 13.1. The molecule has 2 atom stereocenters. The van der Waals surface area contributed by atoms with Gasteiger partial charge in [-0.25, -0.2) is 23.5 Å². The van der Waals surface area contributed by atoms with Crippen molar-refractivity contribution in [3.63, 3.8) is 0 Å². The summed E-state index contributed by atoms with van der Waals surface area (Å²) in [5, 5.41) is 12.6. The number of hydrogen-bond acceptors (Lipinski definition) is 9. The minimum Gasteiger partial charge on any atom is -0.455 e. The summed E-state index contributed by atoms with van der Waals surface area (Å²) in [6.45, 7) is 2.85. The molecule has 5 amide bonds. The van der Waals surface area contributed by atoms with Gasteiger partial charge in [-0.15, -0.1) is 0 Å². The Hall–Kier alpha value is -5.81. The molecule has 1 saturated heterocycles. The van der Waals surface area contributed by atoms with Gasteiger partial charge in [-0.1, -0.05) is 19.3 Å². The number of benzene rings is 2. The van der Waals surface area contributed by atoms with Gasteiger partial charge in [0.2, 0.25) is 17.8 Å². The molecule has 0 saturated carbocycles. The van der Waals surface area contributed by atoms with Gasteiger partial charge in [0.1, 0.15) is 17.6 Å². The number of imide groups is 1. The van der Waals surface area contributed by atoms with Gasteiger partial charge < -0.3 is 30.6 Å². The van der Waals surface area contributed by atoms with Crippen LogP contribution in [0, 0.1) is 18.6 Å². The fourth-order valence-electron chi connectivity index (χ4n) is 6.51. The lowest BCUT2D eigenvalue weighted by Gasteiger charge is -2.29. The van der Waals surface area contributed by atoms with Crippen LogP contribution in [-0.4, -0.2) is 63.9 Å². The maximum absolute atomic E-state index is 14.1. The van der Waals surface area contributed by atoms with Crippen molar-refractivity contribution in [2.24, 2.45) is 0 Å². The molecular formula is C36H37F5N8O5. The number of furan rings is 1. The van der Waals surface area contributed by atoms with Crippen molar-refractivity contribution in [2.75, 3.05) is 29.0 Å². The molecule has 4 heterocycles. The van der Waals surface area contributed by atoms with Gasteiger partial charge in [0.05, 0.1) is 18.1 Å². The Kier molecular flexibility index (Phi) is 11.3. The first-order valence-electron chi connectivity index (χ1n) is 17.4. The summed E-state index contributed by atoms with van der Waals surface area (Å²) in [6.07, 6.45) is 2.62. The Morgan fingerprint density at radius 1 is 0.981 bits per heavy atom. The van der Waals surface area contributed by atoms with Crippen LogP contribution >= 0.6 is 0 Å². The average molecular weight is 757 g/mol. The van der Waals surface area contributed by atoms with Crippen LogP contribution in [0.2, 0.25) is 0 Å². The zero-order valence-electron chi connectivity index (χ0n) is 29.0. The monoisotopic (exact) mass is 756 g/mol. The molecule has 286 valence electrons. The number of urea groups is 1. The summed E-state index contributed by atoms with van der Waals surface area (Å²) in [7, 11) is 0. The topological polar surface area (TPSA) is 171 Å². The number of aromatic nitrogens is 2. The molecule has 4 aromatic rings. The molecule has 6 rings (SSSR count). The van der Waals surface area contributed by atoms with Crippen LogP contribution in [0.4, 0.5) is 44.1 Å². The number of nitrogens with zero attached hydrogens (tertiary/aromatic N) is 3. The highest BCUT2D eigenvalue weighted by molar-refractivity contribution is 6.05. The Morgan fingerprint density at radius 3 is 2.39 bits per heavy atom. The van der Waals surface area contributed by atoms with Crippen molar-refractivity contribution in [3.8, 4) is 0 Å². The third-order valence-electron chi connectivity index (χ3n) is 9.26. The molecule has 1 fully saturated rings. The van der Waals surface area contributed by atoms with E-state index in [1.165, 1.54) is 24.2 Å². The Bertz CT molecular complexity index is 2060. The number of anilines is 3. The largest absolute Gasteiger partial charge is 0.455 e. The van der Waals surface area contributed by atoms with Crippen LogP contribution in [0.15, 0.2) is 47.1 Å². The first-order valence-corrected chi connectivity index (χ1v) is 17.4. The Morgan fingerprint density at radius 2 is 1.69 bits per heavy atom. The van der Waals surface area contributed by atoms with E-state index in [1.54, 1.807) is 11.4 Å². The summed E-state index contributed by atoms with van der Waals surface area (Å²) in [4.78, 5) is 58.8. The van der Waals surface area contributed by atoms with Crippen molar-refractivity contribution in [3.05, 3.63) is 76.8 Å². The zero-order chi connectivity index (χ0) is 38.6. The lowest BCUT2D eigenvalue weighted by atomic mass is 10.0. The van der Waals surface area contributed by atoms with E-state index >= 15 is 0 Å².